The number of rotatable bonds is 9. The highest BCUT2D eigenvalue weighted by Crippen LogP contribution is 2.27. The average Bonchev–Trinajstić information content (AvgIpc) is 2.50. The van der Waals surface area contributed by atoms with Crippen LogP contribution in [0, 0.1) is 0 Å². The molecule has 1 aromatic carbocycles. The van der Waals surface area contributed by atoms with Gasteiger partial charge in [0.15, 0.2) is 0 Å². The predicted octanol–water partition coefficient (Wildman–Crippen LogP) is 2.34. The number of halogens is 2. The van der Waals surface area contributed by atoms with E-state index in [1.165, 1.54) is 7.11 Å². The zero-order valence-corrected chi connectivity index (χ0v) is 12.3. The number of benzene rings is 1. The summed E-state index contributed by atoms with van der Waals surface area (Å²) in [6, 6.07) is 9.05. The Bertz CT molecular complexity index is 428. The third-order valence-corrected chi connectivity index (χ3v) is 3.14. The molecule has 0 fully saturated rings. The number of hydrogen-bond donors (Lipinski definition) is 1. The van der Waals surface area contributed by atoms with Gasteiger partial charge in [0.1, 0.15) is 12.1 Å². The molecule has 0 bridgehead atoms. The second kappa shape index (κ2) is 8.69. The van der Waals surface area contributed by atoms with E-state index in [2.05, 4.69) is 5.32 Å². The van der Waals surface area contributed by atoms with Crippen LogP contribution in [0.2, 0.25) is 0 Å². The van der Waals surface area contributed by atoms with Gasteiger partial charge in [-0.15, -0.1) is 0 Å². The smallest absolute Gasteiger partial charge is 0.330 e. The number of methoxy groups -OCH3 is 1. The predicted molar refractivity (Wildman–Crippen MR) is 75.3 cm³/mol. The monoisotopic (exact) mass is 301 g/mol. The number of likely N-dealkylation sites (N-methyl/N-ethyl adjacent to an activating group) is 1. The summed E-state index contributed by atoms with van der Waals surface area (Å²) in [5.41, 5.74) is -0.369. The molecule has 0 radical (unpaired) electrons. The molecular weight excluding hydrogens is 280 g/mol. The normalized spacial score (nSPS) is 14.0. The van der Waals surface area contributed by atoms with Crippen LogP contribution in [-0.4, -0.2) is 39.3 Å². The summed E-state index contributed by atoms with van der Waals surface area (Å²) in [6.07, 6.45) is -2.31. The zero-order valence-electron chi connectivity index (χ0n) is 12.3. The molecule has 0 saturated heterocycles. The molecule has 0 aliphatic carbocycles. The molecule has 0 spiro atoms. The summed E-state index contributed by atoms with van der Waals surface area (Å²) in [7, 11) is 1.30. The van der Waals surface area contributed by atoms with E-state index in [9.17, 15) is 13.6 Å². The van der Waals surface area contributed by atoms with Crippen LogP contribution in [0.25, 0.3) is 0 Å². The zero-order chi connectivity index (χ0) is 15.7. The van der Waals surface area contributed by atoms with E-state index in [0.717, 1.165) is 5.56 Å². The molecule has 21 heavy (non-hydrogen) atoms. The number of carbonyl (C=O) groups is 1. The summed E-state index contributed by atoms with van der Waals surface area (Å²) in [5, 5.41) is 3.11. The van der Waals surface area contributed by atoms with Crippen LogP contribution in [0.5, 0.6) is 0 Å². The maximum atomic E-state index is 12.3. The van der Waals surface area contributed by atoms with E-state index in [4.69, 9.17) is 9.47 Å². The Kier molecular flexibility index (Phi) is 7.25. The van der Waals surface area contributed by atoms with Crippen molar-refractivity contribution in [2.75, 3.05) is 26.9 Å². The van der Waals surface area contributed by atoms with Crippen LogP contribution in [0.15, 0.2) is 30.3 Å². The molecule has 0 aliphatic heterocycles. The number of esters is 1. The summed E-state index contributed by atoms with van der Waals surface area (Å²) < 4.78 is 34.0. The largest absolute Gasteiger partial charge is 0.467 e. The van der Waals surface area contributed by atoms with Crippen molar-refractivity contribution < 1.29 is 23.0 Å². The van der Waals surface area contributed by atoms with Crippen LogP contribution >= 0.6 is 0 Å². The first-order chi connectivity index (χ1) is 10.1. The summed E-state index contributed by atoms with van der Waals surface area (Å²) in [6.45, 7) is 1.78. The average molecular weight is 301 g/mol. The first-order valence-electron chi connectivity index (χ1n) is 6.81. The lowest BCUT2D eigenvalue weighted by molar-refractivity contribution is -0.150. The van der Waals surface area contributed by atoms with Gasteiger partial charge in [-0.2, -0.15) is 0 Å². The van der Waals surface area contributed by atoms with Crippen molar-refractivity contribution in [1.82, 2.24) is 5.32 Å². The van der Waals surface area contributed by atoms with Crippen LogP contribution in [0.1, 0.15) is 18.9 Å². The van der Waals surface area contributed by atoms with Gasteiger partial charge in [-0.25, -0.2) is 13.6 Å². The minimum absolute atomic E-state index is 0.0291. The summed E-state index contributed by atoms with van der Waals surface area (Å²) in [5.74, 6) is -0.462. The Morgan fingerprint density at radius 1 is 1.33 bits per heavy atom. The Hall–Kier alpha value is -1.53. The Labute approximate surface area is 123 Å². The molecule has 0 heterocycles. The number of carbonyl (C=O) groups excluding carboxylic acids is 1. The Balaban J connectivity index is 2.94. The number of hydrogen-bond acceptors (Lipinski definition) is 4. The molecule has 1 N–H and O–H groups in total. The lowest BCUT2D eigenvalue weighted by Gasteiger charge is -2.32. The minimum atomic E-state index is -2.52. The summed E-state index contributed by atoms with van der Waals surface area (Å²) >= 11 is 0. The van der Waals surface area contributed by atoms with E-state index in [-0.39, 0.29) is 13.0 Å². The fourth-order valence-electron chi connectivity index (χ4n) is 2.22. The van der Waals surface area contributed by atoms with Gasteiger partial charge in [-0.3, -0.25) is 5.32 Å². The van der Waals surface area contributed by atoms with Crippen molar-refractivity contribution >= 4 is 5.97 Å². The van der Waals surface area contributed by atoms with Crippen LogP contribution in [0.3, 0.4) is 0 Å². The van der Waals surface area contributed by atoms with E-state index >= 15 is 0 Å². The van der Waals surface area contributed by atoms with Crippen molar-refractivity contribution in [3.8, 4) is 0 Å². The molecule has 0 amide bonds. The summed E-state index contributed by atoms with van der Waals surface area (Å²) in [4.78, 5) is 12.3. The number of alkyl halides is 2. The molecule has 1 unspecified atom stereocenters. The lowest BCUT2D eigenvalue weighted by Crippen LogP contribution is -2.50. The van der Waals surface area contributed by atoms with E-state index in [1.807, 2.05) is 25.1 Å². The first-order valence-corrected chi connectivity index (χ1v) is 6.81. The quantitative estimate of drug-likeness (QED) is 0.562. The number of ether oxygens (including phenoxy) is 2. The van der Waals surface area contributed by atoms with Gasteiger partial charge in [-0.1, -0.05) is 37.3 Å². The van der Waals surface area contributed by atoms with Crippen LogP contribution < -0.4 is 5.32 Å². The highest BCUT2D eigenvalue weighted by molar-refractivity contribution is 5.82. The molecule has 0 aromatic heterocycles. The Morgan fingerprint density at radius 3 is 2.52 bits per heavy atom. The van der Waals surface area contributed by atoms with Crippen molar-refractivity contribution in [3.05, 3.63) is 35.9 Å². The highest BCUT2D eigenvalue weighted by Gasteiger charge is 2.40. The fourth-order valence-corrected chi connectivity index (χ4v) is 2.22. The van der Waals surface area contributed by atoms with E-state index in [1.54, 1.807) is 12.1 Å². The Morgan fingerprint density at radius 2 is 2.00 bits per heavy atom. The second-order valence-electron chi connectivity index (χ2n) is 4.51. The fraction of sp³-hybridized carbons (Fsp3) is 0.533. The van der Waals surface area contributed by atoms with Gasteiger partial charge in [0.05, 0.1) is 7.11 Å². The van der Waals surface area contributed by atoms with Crippen molar-refractivity contribution in [2.24, 2.45) is 0 Å². The molecule has 1 atom stereocenters. The van der Waals surface area contributed by atoms with Crippen molar-refractivity contribution in [3.63, 3.8) is 0 Å². The van der Waals surface area contributed by atoms with Gasteiger partial charge in [0.25, 0.3) is 6.43 Å². The van der Waals surface area contributed by atoms with Crippen molar-refractivity contribution in [1.29, 1.82) is 0 Å². The standard InChI is InChI=1S/C15H21F2NO3/c1-3-18-15(14(19)20-2,9-10-21-11-13(16)17)12-7-5-4-6-8-12/h4-8,13,18H,3,9-11H2,1-2H3. The molecule has 118 valence electrons. The van der Waals surface area contributed by atoms with E-state index in [0.29, 0.717) is 6.54 Å². The SMILES string of the molecule is CCNC(CCOCC(F)F)(C(=O)OC)c1ccccc1. The van der Waals surface area contributed by atoms with Gasteiger partial charge in [0.2, 0.25) is 0 Å². The third-order valence-electron chi connectivity index (χ3n) is 3.14. The van der Waals surface area contributed by atoms with Gasteiger partial charge in [-0.05, 0) is 12.1 Å². The molecule has 4 nitrogen and oxygen atoms in total. The molecule has 0 aliphatic rings. The number of nitrogens with one attached hydrogen (secondary N) is 1. The van der Waals surface area contributed by atoms with E-state index < -0.39 is 24.5 Å². The van der Waals surface area contributed by atoms with Crippen molar-refractivity contribution in [2.45, 2.75) is 25.3 Å². The highest BCUT2D eigenvalue weighted by atomic mass is 19.3. The van der Waals surface area contributed by atoms with Gasteiger partial charge < -0.3 is 9.47 Å². The maximum absolute atomic E-state index is 12.3. The molecule has 0 saturated carbocycles. The molecule has 1 rings (SSSR count). The molecule has 1 aromatic rings. The van der Waals surface area contributed by atoms with Gasteiger partial charge in [0, 0.05) is 13.0 Å². The molecular formula is C15H21F2NO3. The second-order valence-corrected chi connectivity index (χ2v) is 4.51. The maximum Gasteiger partial charge on any atom is 0.330 e. The topological polar surface area (TPSA) is 47.6 Å². The lowest BCUT2D eigenvalue weighted by atomic mass is 9.86. The van der Waals surface area contributed by atoms with Crippen LogP contribution in [-0.2, 0) is 19.8 Å². The first kappa shape index (κ1) is 17.5. The minimum Gasteiger partial charge on any atom is -0.467 e. The third kappa shape index (κ3) is 4.75. The molecule has 6 heteroatoms. The van der Waals surface area contributed by atoms with Crippen LogP contribution in [0.4, 0.5) is 8.78 Å². The van der Waals surface area contributed by atoms with Gasteiger partial charge >= 0.3 is 5.97 Å².